The van der Waals surface area contributed by atoms with E-state index in [4.69, 9.17) is 9.47 Å². The van der Waals surface area contributed by atoms with Crippen molar-refractivity contribution in [1.29, 1.82) is 0 Å². The number of benzene rings is 2. The first-order chi connectivity index (χ1) is 15.5. The smallest absolute Gasteiger partial charge is 0.414 e. The van der Waals surface area contributed by atoms with Crippen LogP contribution in [-0.4, -0.2) is 55.9 Å². The number of hydrogen-bond donors (Lipinski definition) is 1. The number of carbonyl (C=O) groups excluding carboxylic acids is 1. The van der Waals surface area contributed by atoms with E-state index in [1.165, 1.54) is 25.5 Å². The van der Waals surface area contributed by atoms with E-state index >= 15 is 0 Å². The Morgan fingerprint density at radius 1 is 1.16 bits per heavy atom. The van der Waals surface area contributed by atoms with Crippen LogP contribution < -0.4 is 15.0 Å². The molecule has 2 aromatic rings. The summed E-state index contributed by atoms with van der Waals surface area (Å²) < 4.78 is 37.6. The quantitative estimate of drug-likeness (QED) is 0.569. The zero-order chi connectivity index (χ0) is 22.5. The van der Waals surface area contributed by atoms with Gasteiger partial charge in [0.05, 0.1) is 12.6 Å². The highest BCUT2D eigenvalue weighted by atomic mass is 19.2. The molecule has 4 rings (SSSR count). The SMILES string of the molecule is CC1CCCN1CCCOc1ccc(N2C(=O)OC[C@H]2CNc2ccc(F)c(F)c2)cc1. The number of anilines is 2. The van der Waals surface area contributed by atoms with E-state index in [2.05, 4.69) is 17.1 Å². The lowest BCUT2D eigenvalue weighted by Gasteiger charge is -2.22. The number of ether oxygens (including phenoxy) is 2. The van der Waals surface area contributed by atoms with Gasteiger partial charge in [-0.25, -0.2) is 13.6 Å². The molecule has 0 spiro atoms. The van der Waals surface area contributed by atoms with E-state index in [9.17, 15) is 13.6 Å². The van der Waals surface area contributed by atoms with Crippen LogP contribution in [0, 0.1) is 11.6 Å². The van der Waals surface area contributed by atoms with Gasteiger partial charge in [0.15, 0.2) is 11.6 Å². The molecule has 2 fully saturated rings. The third kappa shape index (κ3) is 5.30. The average Bonchev–Trinajstić information content (AvgIpc) is 3.37. The third-order valence-electron chi connectivity index (χ3n) is 6.09. The van der Waals surface area contributed by atoms with Gasteiger partial charge in [0, 0.05) is 30.5 Å². The number of carbonyl (C=O) groups is 1. The molecule has 2 aliphatic rings. The predicted octanol–water partition coefficient (Wildman–Crippen LogP) is 4.66. The van der Waals surface area contributed by atoms with Crippen molar-refractivity contribution >= 4 is 17.5 Å². The van der Waals surface area contributed by atoms with Gasteiger partial charge in [0.1, 0.15) is 12.4 Å². The topological polar surface area (TPSA) is 54.0 Å². The molecule has 2 heterocycles. The first-order valence-corrected chi connectivity index (χ1v) is 11.1. The van der Waals surface area contributed by atoms with E-state index in [-0.39, 0.29) is 12.6 Å². The zero-order valence-corrected chi connectivity index (χ0v) is 18.2. The monoisotopic (exact) mass is 445 g/mol. The van der Waals surface area contributed by atoms with Gasteiger partial charge in [-0.15, -0.1) is 0 Å². The highest BCUT2D eigenvalue weighted by molar-refractivity contribution is 5.90. The van der Waals surface area contributed by atoms with Crippen molar-refractivity contribution in [2.75, 3.05) is 43.1 Å². The highest BCUT2D eigenvalue weighted by Gasteiger charge is 2.34. The van der Waals surface area contributed by atoms with Gasteiger partial charge in [-0.1, -0.05) is 0 Å². The minimum atomic E-state index is -0.920. The van der Waals surface area contributed by atoms with Gasteiger partial charge in [0.25, 0.3) is 0 Å². The summed E-state index contributed by atoms with van der Waals surface area (Å²) in [5, 5.41) is 3.04. The number of nitrogens with one attached hydrogen (secondary N) is 1. The van der Waals surface area contributed by atoms with Crippen LogP contribution in [0.4, 0.5) is 25.0 Å². The maximum absolute atomic E-state index is 13.4. The van der Waals surface area contributed by atoms with Gasteiger partial charge in [-0.05, 0) is 75.2 Å². The molecule has 0 bridgehead atoms. The molecule has 2 aromatic carbocycles. The molecule has 172 valence electrons. The predicted molar refractivity (Wildman–Crippen MR) is 119 cm³/mol. The molecule has 0 saturated carbocycles. The molecule has 1 amide bonds. The van der Waals surface area contributed by atoms with Crippen molar-refractivity contribution in [1.82, 2.24) is 4.90 Å². The molecule has 2 saturated heterocycles. The summed E-state index contributed by atoms with van der Waals surface area (Å²) in [6.07, 6.45) is 3.09. The number of amides is 1. The van der Waals surface area contributed by atoms with Crippen LogP contribution >= 0.6 is 0 Å². The number of hydrogen-bond acceptors (Lipinski definition) is 5. The Labute approximate surface area is 187 Å². The van der Waals surface area contributed by atoms with E-state index in [1.54, 1.807) is 4.90 Å². The molecular formula is C24H29F2N3O3. The van der Waals surface area contributed by atoms with Crippen molar-refractivity contribution in [2.45, 2.75) is 38.3 Å². The minimum absolute atomic E-state index is 0.211. The lowest BCUT2D eigenvalue weighted by atomic mass is 10.2. The normalized spacial score (nSPS) is 21.1. The van der Waals surface area contributed by atoms with E-state index < -0.39 is 17.7 Å². The van der Waals surface area contributed by atoms with Crippen LogP contribution in [-0.2, 0) is 4.74 Å². The second-order valence-corrected chi connectivity index (χ2v) is 8.33. The molecule has 2 aliphatic heterocycles. The third-order valence-corrected chi connectivity index (χ3v) is 6.09. The largest absolute Gasteiger partial charge is 0.494 e. The lowest BCUT2D eigenvalue weighted by molar-refractivity contribution is 0.179. The van der Waals surface area contributed by atoms with Crippen molar-refractivity contribution < 1.29 is 23.0 Å². The van der Waals surface area contributed by atoms with Crippen LogP contribution in [0.15, 0.2) is 42.5 Å². The number of nitrogens with zero attached hydrogens (tertiary/aromatic N) is 2. The first-order valence-electron chi connectivity index (χ1n) is 11.1. The molecular weight excluding hydrogens is 416 g/mol. The standard InChI is InChI=1S/C24H29F2N3O3/c1-17-4-2-11-28(17)12-3-13-31-21-8-6-19(7-9-21)29-20(16-32-24(29)30)15-27-18-5-10-22(25)23(26)14-18/h5-10,14,17,20,27H,2-4,11-13,15-16H2,1H3/t17?,20-/m1/s1. The molecule has 8 heteroatoms. The fourth-order valence-corrected chi connectivity index (χ4v) is 4.25. The van der Waals surface area contributed by atoms with Crippen LogP contribution in [0.5, 0.6) is 5.75 Å². The fraction of sp³-hybridized carbons (Fsp3) is 0.458. The van der Waals surface area contributed by atoms with E-state index in [0.29, 0.717) is 30.6 Å². The van der Waals surface area contributed by atoms with Crippen LogP contribution in [0.2, 0.25) is 0 Å². The van der Waals surface area contributed by atoms with Crippen molar-refractivity contribution in [3.63, 3.8) is 0 Å². The van der Waals surface area contributed by atoms with Gasteiger partial charge in [-0.3, -0.25) is 4.90 Å². The Morgan fingerprint density at radius 3 is 2.69 bits per heavy atom. The van der Waals surface area contributed by atoms with Crippen molar-refractivity contribution in [3.8, 4) is 5.75 Å². The average molecular weight is 446 g/mol. The Hall–Kier alpha value is -2.87. The van der Waals surface area contributed by atoms with Gasteiger partial charge < -0.3 is 19.7 Å². The summed E-state index contributed by atoms with van der Waals surface area (Å²) in [6.45, 7) is 5.69. The van der Waals surface area contributed by atoms with E-state index in [1.807, 2.05) is 24.3 Å². The van der Waals surface area contributed by atoms with Gasteiger partial charge in [0.2, 0.25) is 0 Å². The minimum Gasteiger partial charge on any atom is -0.494 e. The Balaban J connectivity index is 1.29. The first kappa shape index (κ1) is 22.3. The van der Waals surface area contributed by atoms with Gasteiger partial charge >= 0.3 is 6.09 Å². The number of halogens is 2. The molecule has 32 heavy (non-hydrogen) atoms. The summed E-state index contributed by atoms with van der Waals surface area (Å²) in [5.74, 6) is -1.06. The number of rotatable bonds is 9. The highest BCUT2D eigenvalue weighted by Crippen LogP contribution is 2.26. The fourth-order valence-electron chi connectivity index (χ4n) is 4.25. The molecule has 0 radical (unpaired) electrons. The Bertz CT molecular complexity index is 925. The van der Waals surface area contributed by atoms with Crippen LogP contribution in [0.3, 0.4) is 0 Å². The molecule has 0 aromatic heterocycles. The Morgan fingerprint density at radius 2 is 1.97 bits per heavy atom. The molecule has 2 atom stereocenters. The second kappa shape index (κ2) is 10.2. The lowest BCUT2D eigenvalue weighted by Crippen LogP contribution is -2.38. The molecule has 1 unspecified atom stereocenters. The van der Waals surface area contributed by atoms with Crippen LogP contribution in [0.25, 0.3) is 0 Å². The van der Waals surface area contributed by atoms with E-state index in [0.717, 1.165) is 30.8 Å². The zero-order valence-electron chi connectivity index (χ0n) is 18.2. The van der Waals surface area contributed by atoms with Gasteiger partial charge in [-0.2, -0.15) is 0 Å². The molecule has 6 nitrogen and oxygen atoms in total. The summed E-state index contributed by atoms with van der Waals surface area (Å²) >= 11 is 0. The van der Waals surface area contributed by atoms with Crippen LogP contribution in [0.1, 0.15) is 26.2 Å². The maximum Gasteiger partial charge on any atom is 0.414 e. The summed E-state index contributed by atoms with van der Waals surface area (Å²) in [5.41, 5.74) is 1.14. The summed E-state index contributed by atoms with van der Waals surface area (Å²) in [7, 11) is 0. The second-order valence-electron chi connectivity index (χ2n) is 8.33. The molecule has 1 N–H and O–H groups in total. The number of cyclic esters (lactones) is 1. The van der Waals surface area contributed by atoms with Crippen molar-refractivity contribution in [3.05, 3.63) is 54.1 Å². The maximum atomic E-state index is 13.4. The number of likely N-dealkylation sites (tertiary alicyclic amines) is 1. The Kier molecular flexibility index (Phi) is 7.09. The molecule has 0 aliphatic carbocycles. The summed E-state index contributed by atoms with van der Waals surface area (Å²) in [6, 6.07) is 11.4. The summed E-state index contributed by atoms with van der Waals surface area (Å²) in [4.78, 5) is 16.3. The van der Waals surface area contributed by atoms with Crippen molar-refractivity contribution in [2.24, 2.45) is 0 Å².